The fraction of sp³-hybridized carbons (Fsp3) is 0.0833. The summed E-state index contributed by atoms with van der Waals surface area (Å²) in [7, 11) is -3.13. The smallest absolute Gasteiger partial charge is 0.325 e. The number of nitrogens with one attached hydrogen (secondary N) is 2. The second kappa shape index (κ2) is 9.67. The Balaban J connectivity index is 0.000000791. The molecule has 0 bridgehead atoms. The van der Waals surface area contributed by atoms with Crippen LogP contribution in [0.25, 0.3) is 0 Å². The minimum atomic E-state index is -3.13. The van der Waals surface area contributed by atoms with Gasteiger partial charge in [0.05, 0.1) is 8.41 Å². The first-order valence-corrected chi connectivity index (χ1v) is 7.01. The average molecular weight is 326 g/mol. The molecule has 1 aromatic heterocycles. The van der Waals surface area contributed by atoms with Crippen LogP contribution in [-0.2, 0) is 11.0 Å². The second-order valence-electron chi connectivity index (χ2n) is 3.85. The van der Waals surface area contributed by atoms with Gasteiger partial charge in [-0.3, -0.25) is 19.1 Å². The number of ketones is 1. The molecule has 0 saturated heterocycles. The van der Waals surface area contributed by atoms with Crippen molar-refractivity contribution in [2.45, 2.75) is 6.42 Å². The van der Waals surface area contributed by atoms with Crippen molar-refractivity contribution in [2.75, 3.05) is 0 Å². The van der Waals surface area contributed by atoms with E-state index in [1.807, 2.05) is 6.07 Å². The number of benzene rings is 1. The maximum atomic E-state index is 11.8. The number of carbonyl (C=O) groups excluding carboxylic acids is 1. The van der Waals surface area contributed by atoms with Gasteiger partial charge in [0.25, 0.3) is 5.56 Å². The zero-order valence-corrected chi connectivity index (χ0v) is 11.7. The molecule has 0 aliphatic rings. The maximum absolute atomic E-state index is 11.8. The van der Waals surface area contributed by atoms with E-state index in [-0.39, 0.29) is 26.2 Å². The van der Waals surface area contributed by atoms with Crippen LogP contribution in [0.3, 0.4) is 0 Å². The molecule has 2 aromatic rings. The molecule has 4 N–H and O–H groups in total. The van der Waals surface area contributed by atoms with Crippen molar-refractivity contribution in [3.63, 3.8) is 0 Å². The lowest BCUT2D eigenvalue weighted by Crippen LogP contribution is -2.25. The Morgan fingerprint density at radius 1 is 1.14 bits per heavy atom. The Hall–Kier alpha value is -2.22. The SMILES string of the molecule is B.O=C(Cc1c[nH]c(=O)[nH]c1=O)c1ccccc1.O=[PH](O)O. The average Bonchev–Trinajstić information content (AvgIpc) is 2.42. The zero-order valence-electron chi connectivity index (χ0n) is 10.7. The van der Waals surface area contributed by atoms with E-state index in [2.05, 4.69) is 9.97 Å². The van der Waals surface area contributed by atoms with Gasteiger partial charge in [-0.05, 0) is 0 Å². The number of H-pyrrole nitrogens is 2. The third kappa shape index (κ3) is 6.98. The van der Waals surface area contributed by atoms with E-state index in [0.29, 0.717) is 5.56 Å². The molecule has 0 atom stereocenters. The second-order valence-corrected chi connectivity index (χ2v) is 4.41. The van der Waals surface area contributed by atoms with Crippen LogP contribution < -0.4 is 11.2 Å². The summed E-state index contributed by atoms with van der Waals surface area (Å²) < 4.78 is 8.74. The van der Waals surface area contributed by atoms with Crippen molar-refractivity contribution >= 4 is 22.5 Å². The molecule has 22 heavy (non-hydrogen) atoms. The highest BCUT2D eigenvalue weighted by Gasteiger charge is 2.09. The van der Waals surface area contributed by atoms with Crippen LogP contribution in [0.2, 0.25) is 0 Å². The molecule has 10 heteroatoms. The maximum Gasteiger partial charge on any atom is 0.325 e. The fourth-order valence-electron chi connectivity index (χ4n) is 1.47. The summed E-state index contributed by atoms with van der Waals surface area (Å²) in [6.45, 7) is 0. The lowest BCUT2D eigenvalue weighted by Gasteiger charge is -1.99. The molecule has 0 unspecified atom stereocenters. The number of carbonyl (C=O) groups is 1. The first kappa shape index (κ1) is 19.8. The van der Waals surface area contributed by atoms with Gasteiger partial charge in [0.2, 0.25) is 0 Å². The van der Waals surface area contributed by atoms with Gasteiger partial charge in [0.15, 0.2) is 5.78 Å². The Morgan fingerprint density at radius 2 is 1.68 bits per heavy atom. The first-order valence-electron chi connectivity index (χ1n) is 5.71. The van der Waals surface area contributed by atoms with Crippen molar-refractivity contribution in [2.24, 2.45) is 0 Å². The van der Waals surface area contributed by atoms with E-state index in [1.54, 1.807) is 24.3 Å². The normalized spacial score (nSPS) is 9.41. The van der Waals surface area contributed by atoms with Crippen LogP contribution in [0.4, 0.5) is 0 Å². The van der Waals surface area contributed by atoms with Crippen LogP contribution in [0, 0.1) is 0 Å². The molecule has 0 saturated carbocycles. The van der Waals surface area contributed by atoms with E-state index < -0.39 is 19.5 Å². The van der Waals surface area contributed by atoms with Gasteiger partial charge in [0.1, 0.15) is 0 Å². The van der Waals surface area contributed by atoms with E-state index in [9.17, 15) is 14.4 Å². The summed E-state index contributed by atoms with van der Waals surface area (Å²) in [6.07, 6.45) is 1.23. The molecule has 0 aliphatic carbocycles. The van der Waals surface area contributed by atoms with Crippen LogP contribution in [0.15, 0.2) is 46.1 Å². The summed E-state index contributed by atoms with van der Waals surface area (Å²) >= 11 is 0. The highest BCUT2D eigenvalue weighted by molar-refractivity contribution is 7.30. The molecule has 0 fully saturated rings. The summed E-state index contributed by atoms with van der Waals surface area (Å²) in [4.78, 5) is 52.7. The fourth-order valence-corrected chi connectivity index (χ4v) is 1.47. The quantitative estimate of drug-likeness (QED) is 0.313. The molecule has 1 aromatic carbocycles. The minimum absolute atomic E-state index is 0. The van der Waals surface area contributed by atoms with Gasteiger partial charge in [0, 0.05) is 23.7 Å². The van der Waals surface area contributed by atoms with Crippen molar-refractivity contribution in [1.82, 2.24) is 9.97 Å². The largest absolute Gasteiger partial charge is 0.326 e. The molecule has 0 spiro atoms. The van der Waals surface area contributed by atoms with Crippen molar-refractivity contribution < 1.29 is 19.1 Å². The number of hydrogen-bond acceptors (Lipinski definition) is 4. The van der Waals surface area contributed by atoms with Crippen LogP contribution in [0.5, 0.6) is 0 Å². The number of Topliss-reactive ketones (excluding diaryl/α,β-unsaturated/α-hetero) is 1. The highest BCUT2D eigenvalue weighted by atomic mass is 31.1. The molecule has 1 heterocycles. The standard InChI is InChI=1S/C12H10N2O3.BH3.H3O3P/c15-10(8-4-2-1-3-5-8)6-9-7-13-12(17)14-11(9)16;;1-4(2)3/h1-5,7H,6H2,(H2,13,14,16,17);1H3;4H,(H2,1,2,3). The molecule has 8 nitrogen and oxygen atoms in total. The minimum Gasteiger partial charge on any atom is -0.326 e. The topological polar surface area (TPSA) is 140 Å². The van der Waals surface area contributed by atoms with Crippen LogP contribution in [0.1, 0.15) is 15.9 Å². The monoisotopic (exact) mass is 326 g/mol. The van der Waals surface area contributed by atoms with Gasteiger partial charge in [-0.25, -0.2) is 4.79 Å². The molecular formula is C12H16BN2O6P. The molecule has 0 amide bonds. The summed E-state index contributed by atoms with van der Waals surface area (Å²) in [5, 5.41) is 0. The van der Waals surface area contributed by atoms with E-state index in [0.717, 1.165) is 0 Å². The van der Waals surface area contributed by atoms with Crippen molar-refractivity contribution in [1.29, 1.82) is 0 Å². The van der Waals surface area contributed by atoms with Crippen molar-refractivity contribution in [3.8, 4) is 0 Å². The number of aromatic amines is 2. The van der Waals surface area contributed by atoms with E-state index in [4.69, 9.17) is 14.4 Å². The summed E-state index contributed by atoms with van der Waals surface area (Å²) in [6, 6.07) is 8.68. The lowest BCUT2D eigenvalue weighted by molar-refractivity contribution is 0.0992. The van der Waals surface area contributed by atoms with Gasteiger partial charge < -0.3 is 14.8 Å². The van der Waals surface area contributed by atoms with E-state index in [1.165, 1.54) is 6.20 Å². The molecular weight excluding hydrogens is 310 g/mol. The predicted molar refractivity (Wildman–Crippen MR) is 85.5 cm³/mol. The van der Waals surface area contributed by atoms with Crippen LogP contribution in [-0.4, -0.2) is 34.0 Å². The number of rotatable bonds is 3. The number of hydrogen-bond donors (Lipinski definition) is 4. The van der Waals surface area contributed by atoms with Crippen molar-refractivity contribution in [3.05, 3.63) is 68.5 Å². The summed E-state index contributed by atoms with van der Waals surface area (Å²) in [5.74, 6) is -0.164. The Morgan fingerprint density at radius 3 is 2.18 bits per heavy atom. The third-order valence-corrected chi connectivity index (χ3v) is 2.34. The summed E-state index contributed by atoms with van der Waals surface area (Å²) in [5.41, 5.74) is -0.319. The molecule has 0 aliphatic heterocycles. The zero-order chi connectivity index (χ0) is 15.8. The van der Waals surface area contributed by atoms with Crippen LogP contribution >= 0.6 is 8.25 Å². The predicted octanol–water partition coefficient (Wildman–Crippen LogP) is -1.33. The molecule has 0 radical (unpaired) electrons. The third-order valence-electron chi connectivity index (χ3n) is 2.34. The number of aromatic nitrogens is 2. The van der Waals surface area contributed by atoms with Gasteiger partial charge >= 0.3 is 13.9 Å². The lowest BCUT2D eigenvalue weighted by atomic mass is 10.1. The molecule has 2 rings (SSSR count). The Kier molecular flexibility index (Phi) is 8.70. The van der Waals surface area contributed by atoms with Gasteiger partial charge in [-0.15, -0.1) is 0 Å². The van der Waals surface area contributed by atoms with E-state index >= 15 is 0 Å². The Bertz CT molecular complexity index is 739. The highest BCUT2D eigenvalue weighted by Crippen LogP contribution is 2.03. The Labute approximate surface area is 127 Å². The first-order chi connectivity index (χ1) is 9.90. The van der Waals surface area contributed by atoms with Gasteiger partial charge in [-0.2, -0.15) is 0 Å². The van der Waals surface area contributed by atoms with Gasteiger partial charge in [-0.1, -0.05) is 30.3 Å². The molecule has 118 valence electrons.